The molecule has 9 heteroatoms. The van der Waals surface area contributed by atoms with Crippen molar-refractivity contribution < 1.29 is 27.0 Å². The number of alkyl halides is 4. The molecule has 0 aliphatic heterocycles. The fraction of sp³-hybridized carbons (Fsp3) is 0.125. The summed E-state index contributed by atoms with van der Waals surface area (Å²) in [5.41, 5.74) is 2.99. The third kappa shape index (κ3) is 5.62. The van der Waals surface area contributed by atoms with Crippen molar-refractivity contribution in [3.05, 3.63) is 97.1 Å². The Kier molecular flexibility index (Phi) is 6.77. The predicted molar refractivity (Wildman–Crippen MR) is 116 cm³/mol. The summed E-state index contributed by atoms with van der Waals surface area (Å²) in [5, 5.41) is 0. The molecule has 0 radical (unpaired) electrons. The lowest BCUT2D eigenvalue weighted by Gasteiger charge is -2.26. The first kappa shape index (κ1) is 22.2. The first-order valence-electron chi connectivity index (χ1n) is 9.93. The Bertz CT molecular complexity index is 1150. The van der Waals surface area contributed by atoms with Crippen molar-refractivity contribution in [2.75, 3.05) is 4.90 Å². The number of benzene rings is 2. The summed E-state index contributed by atoms with van der Waals surface area (Å²) in [4.78, 5) is 5.95. The molecule has 0 unspecified atom stereocenters. The van der Waals surface area contributed by atoms with Gasteiger partial charge in [0.25, 0.3) is 0 Å². The maximum atomic E-state index is 12.9. The molecular formula is C24H19F4N3O2. The number of hydrogen-bond donors (Lipinski definition) is 0. The van der Waals surface area contributed by atoms with Gasteiger partial charge in [0, 0.05) is 54.5 Å². The van der Waals surface area contributed by atoms with Crippen molar-refractivity contribution in [2.45, 2.75) is 19.8 Å². The first-order valence-corrected chi connectivity index (χ1v) is 9.93. The van der Waals surface area contributed by atoms with Crippen LogP contribution in [0.15, 0.2) is 91.5 Å². The minimum atomic E-state index is -3.20. The Morgan fingerprint density at radius 2 is 1.45 bits per heavy atom. The van der Waals surface area contributed by atoms with E-state index in [1.165, 1.54) is 18.2 Å². The molecule has 0 saturated heterocycles. The molecule has 0 aliphatic rings. The zero-order valence-corrected chi connectivity index (χ0v) is 17.2. The summed E-state index contributed by atoms with van der Waals surface area (Å²) < 4.78 is 62.0. The van der Waals surface area contributed by atoms with Gasteiger partial charge in [0.2, 0.25) is 0 Å². The van der Waals surface area contributed by atoms with E-state index >= 15 is 0 Å². The molecule has 5 nitrogen and oxygen atoms in total. The Morgan fingerprint density at radius 1 is 0.788 bits per heavy atom. The van der Waals surface area contributed by atoms with Crippen molar-refractivity contribution in [2.24, 2.45) is 0 Å². The van der Waals surface area contributed by atoms with Crippen LogP contribution in [0, 0.1) is 0 Å². The molecule has 0 fully saturated rings. The summed E-state index contributed by atoms with van der Waals surface area (Å²) >= 11 is 0. The molecular weight excluding hydrogens is 438 g/mol. The average molecular weight is 457 g/mol. The van der Waals surface area contributed by atoms with Gasteiger partial charge >= 0.3 is 13.2 Å². The van der Waals surface area contributed by atoms with Crippen LogP contribution in [0.1, 0.15) is 5.56 Å². The van der Waals surface area contributed by atoms with Gasteiger partial charge < -0.3 is 18.9 Å². The predicted octanol–water partition coefficient (Wildman–Crippen LogP) is 6.41. The number of halogens is 4. The fourth-order valence-electron chi connectivity index (χ4n) is 3.36. The van der Waals surface area contributed by atoms with E-state index in [-0.39, 0.29) is 0 Å². The van der Waals surface area contributed by atoms with Crippen LogP contribution >= 0.6 is 0 Å². The van der Waals surface area contributed by atoms with E-state index in [9.17, 15) is 17.6 Å². The summed E-state index contributed by atoms with van der Waals surface area (Å²) in [5.74, 6) is -0.957. The number of rotatable bonds is 9. The van der Waals surface area contributed by atoms with Crippen LogP contribution < -0.4 is 14.4 Å². The summed E-state index contributed by atoms with van der Waals surface area (Å²) in [6.45, 7) is -6.03. The Hall–Kier alpha value is -4.01. The maximum absolute atomic E-state index is 12.9. The van der Waals surface area contributed by atoms with Gasteiger partial charge in [0.05, 0.1) is 0 Å². The highest BCUT2D eigenvalue weighted by Gasteiger charge is 2.19. The number of anilines is 2. The highest BCUT2D eigenvalue weighted by atomic mass is 19.3. The number of nitrogens with zero attached hydrogens (tertiary/aromatic N) is 3. The molecule has 2 aromatic heterocycles. The van der Waals surface area contributed by atoms with E-state index in [0.29, 0.717) is 12.2 Å². The van der Waals surface area contributed by atoms with E-state index in [4.69, 9.17) is 0 Å². The second-order valence-electron chi connectivity index (χ2n) is 6.94. The van der Waals surface area contributed by atoms with Crippen LogP contribution in [0.5, 0.6) is 11.5 Å². The molecule has 170 valence electrons. The molecule has 0 spiro atoms. The number of ether oxygens (including phenoxy) is 2. The van der Waals surface area contributed by atoms with E-state index in [2.05, 4.69) is 14.5 Å². The molecule has 2 aromatic carbocycles. The van der Waals surface area contributed by atoms with Gasteiger partial charge in [0.15, 0.2) is 11.5 Å². The highest BCUT2D eigenvalue weighted by molar-refractivity contribution is 5.67. The van der Waals surface area contributed by atoms with Crippen LogP contribution in [0.25, 0.3) is 5.69 Å². The highest BCUT2D eigenvalue weighted by Crippen LogP contribution is 2.37. The smallest absolute Gasteiger partial charge is 0.387 e. The second-order valence-corrected chi connectivity index (χ2v) is 6.94. The van der Waals surface area contributed by atoms with Crippen LogP contribution in [0.4, 0.5) is 28.9 Å². The van der Waals surface area contributed by atoms with E-state index in [0.717, 1.165) is 16.9 Å². The van der Waals surface area contributed by atoms with Gasteiger partial charge in [-0.15, -0.1) is 0 Å². The third-order valence-electron chi connectivity index (χ3n) is 4.80. The lowest BCUT2D eigenvalue weighted by molar-refractivity contribution is -0.0692. The fourth-order valence-corrected chi connectivity index (χ4v) is 3.36. The van der Waals surface area contributed by atoms with Gasteiger partial charge in [-0.05, 0) is 60.2 Å². The largest absolute Gasteiger partial charge is 0.431 e. The van der Waals surface area contributed by atoms with Gasteiger partial charge in [-0.2, -0.15) is 17.6 Å². The van der Waals surface area contributed by atoms with Crippen molar-refractivity contribution in [1.29, 1.82) is 0 Å². The summed E-state index contributed by atoms with van der Waals surface area (Å²) in [7, 11) is 0. The SMILES string of the molecule is FC(F)Oc1ccc(N(Cc2cccnc2)c2ccc(-n3cccc3)cc2)cc1OC(F)F. The van der Waals surface area contributed by atoms with Crippen molar-refractivity contribution in [1.82, 2.24) is 9.55 Å². The standard InChI is InChI=1S/C24H19F4N3O2/c25-23(26)32-21-10-9-20(14-22(21)33-24(27)28)31(16-17-4-3-11-29-15-17)19-7-5-18(6-8-19)30-12-1-2-13-30/h1-15,23-24H,16H2. The number of pyridine rings is 1. The third-order valence-corrected chi connectivity index (χ3v) is 4.80. The van der Waals surface area contributed by atoms with Crippen LogP contribution in [-0.4, -0.2) is 22.8 Å². The Balaban J connectivity index is 1.73. The molecule has 0 N–H and O–H groups in total. The normalized spacial score (nSPS) is 11.1. The Labute approximate surface area is 187 Å². The van der Waals surface area contributed by atoms with Gasteiger partial charge in [0.1, 0.15) is 0 Å². The molecule has 2 heterocycles. The summed E-state index contributed by atoms with van der Waals surface area (Å²) in [6, 6.07) is 19.0. The summed E-state index contributed by atoms with van der Waals surface area (Å²) in [6.07, 6.45) is 7.16. The Morgan fingerprint density at radius 3 is 2.09 bits per heavy atom. The molecule has 33 heavy (non-hydrogen) atoms. The molecule has 0 aliphatic carbocycles. The van der Waals surface area contributed by atoms with Crippen molar-refractivity contribution >= 4 is 11.4 Å². The molecule has 0 bridgehead atoms. The maximum Gasteiger partial charge on any atom is 0.387 e. The van der Waals surface area contributed by atoms with Crippen molar-refractivity contribution in [3.8, 4) is 17.2 Å². The zero-order valence-electron chi connectivity index (χ0n) is 17.2. The van der Waals surface area contributed by atoms with Gasteiger partial charge in [-0.25, -0.2) is 0 Å². The monoisotopic (exact) mass is 457 g/mol. The molecule has 0 saturated carbocycles. The molecule has 0 amide bonds. The second kappa shape index (κ2) is 10.1. The number of hydrogen-bond acceptors (Lipinski definition) is 4. The molecule has 0 atom stereocenters. The lowest BCUT2D eigenvalue weighted by atomic mass is 10.1. The van der Waals surface area contributed by atoms with Crippen molar-refractivity contribution in [3.63, 3.8) is 0 Å². The average Bonchev–Trinajstić information content (AvgIpc) is 3.34. The van der Waals surface area contributed by atoms with Gasteiger partial charge in [-0.3, -0.25) is 4.98 Å². The quantitative estimate of drug-likeness (QED) is 0.272. The molecule has 4 aromatic rings. The minimum Gasteiger partial charge on any atom is -0.431 e. The minimum absolute atomic E-state index is 0.347. The lowest BCUT2D eigenvalue weighted by Crippen LogP contribution is -2.17. The first-order chi connectivity index (χ1) is 16.0. The molecule has 4 rings (SSSR count). The van der Waals surface area contributed by atoms with Crippen LogP contribution in [0.3, 0.4) is 0 Å². The number of aromatic nitrogens is 2. The van der Waals surface area contributed by atoms with E-state index < -0.39 is 24.7 Å². The van der Waals surface area contributed by atoms with E-state index in [1.807, 2.05) is 64.3 Å². The van der Waals surface area contributed by atoms with Crippen LogP contribution in [-0.2, 0) is 6.54 Å². The topological polar surface area (TPSA) is 39.5 Å². The zero-order chi connectivity index (χ0) is 23.2. The van der Waals surface area contributed by atoms with Gasteiger partial charge in [-0.1, -0.05) is 6.07 Å². The van der Waals surface area contributed by atoms with E-state index in [1.54, 1.807) is 18.5 Å². The van der Waals surface area contributed by atoms with Crippen LogP contribution in [0.2, 0.25) is 0 Å².